The predicted molar refractivity (Wildman–Crippen MR) is 101 cm³/mol. The van der Waals surface area contributed by atoms with Crippen molar-refractivity contribution < 1.29 is 10.0 Å². The van der Waals surface area contributed by atoms with Crippen molar-refractivity contribution in [3.05, 3.63) is 81.7 Å². The van der Waals surface area contributed by atoms with E-state index in [2.05, 4.69) is 15.1 Å². The first-order chi connectivity index (χ1) is 12.5. The van der Waals surface area contributed by atoms with Crippen LogP contribution in [-0.4, -0.2) is 20.8 Å². The number of benzene rings is 2. The zero-order valence-corrected chi connectivity index (χ0v) is 14.4. The zero-order chi connectivity index (χ0) is 18.7. The molecule has 0 unspecified atom stereocenters. The maximum atomic E-state index is 10.7. The van der Waals surface area contributed by atoms with Crippen molar-refractivity contribution in [1.29, 1.82) is 0 Å². The van der Waals surface area contributed by atoms with Crippen LogP contribution in [0.2, 0.25) is 0 Å². The Bertz CT molecular complexity index is 958. The first-order valence-electron chi connectivity index (χ1n) is 7.97. The van der Waals surface area contributed by atoms with Crippen LogP contribution in [0, 0.1) is 24.0 Å². The SMILES string of the molecule is Cc1cc(/C=N/Nc2ccc([N+](=O)[O-])cc2)c(C)n1-c1ccc(O)cc1. The summed E-state index contributed by atoms with van der Waals surface area (Å²) in [5.41, 5.74) is 7.54. The smallest absolute Gasteiger partial charge is 0.269 e. The average Bonchev–Trinajstić information content (AvgIpc) is 2.90. The van der Waals surface area contributed by atoms with E-state index in [0.717, 1.165) is 22.6 Å². The molecular formula is C19H18N4O3. The quantitative estimate of drug-likeness (QED) is 0.411. The van der Waals surface area contributed by atoms with Crippen molar-refractivity contribution in [2.24, 2.45) is 5.10 Å². The summed E-state index contributed by atoms with van der Waals surface area (Å²) in [7, 11) is 0. The summed E-state index contributed by atoms with van der Waals surface area (Å²) >= 11 is 0. The molecule has 2 aromatic carbocycles. The monoisotopic (exact) mass is 350 g/mol. The Morgan fingerprint density at radius 3 is 2.38 bits per heavy atom. The molecule has 0 spiro atoms. The van der Waals surface area contributed by atoms with E-state index in [1.54, 1.807) is 30.5 Å². The van der Waals surface area contributed by atoms with Gasteiger partial charge in [-0.25, -0.2) is 0 Å². The summed E-state index contributed by atoms with van der Waals surface area (Å²) in [5, 5.41) is 24.3. The molecule has 0 fully saturated rings. The van der Waals surface area contributed by atoms with Gasteiger partial charge in [-0.2, -0.15) is 5.10 Å². The number of rotatable bonds is 5. The highest BCUT2D eigenvalue weighted by atomic mass is 16.6. The molecule has 132 valence electrons. The molecule has 7 heteroatoms. The van der Waals surface area contributed by atoms with Crippen LogP contribution < -0.4 is 5.43 Å². The Kier molecular flexibility index (Phi) is 4.70. The van der Waals surface area contributed by atoms with Crippen LogP contribution in [0.15, 0.2) is 59.7 Å². The third kappa shape index (κ3) is 3.56. The highest BCUT2D eigenvalue weighted by Gasteiger charge is 2.09. The lowest BCUT2D eigenvalue weighted by molar-refractivity contribution is -0.384. The van der Waals surface area contributed by atoms with E-state index in [1.165, 1.54) is 12.1 Å². The summed E-state index contributed by atoms with van der Waals surface area (Å²) in [6, 6.07) is 15.1. The minimum atomic E-state index is -0.439. The van der Waals surface area contributed by atoms with Gasteiger partial charge in [0, 0.05) is 34.8 Å². The predicted octanol–water partition coefficient (Wildman–Crippen LogP) is 4.15. The van der Waals surface area contributed by atoms with Crippen molar-refractivity contribution in [1.82, 2.24) is 4.57 Å². The molecule has 3 aromatic rings. The van der Waals surface area contributed by atoms with Gasteiger partial charge in [-0.15, -0.1) is 0 Å². The number of nitrogens with one attached hydrogen (secondary N) is 1. The number of hydrazone groups is 1. The highest BCUT2D eigenvalue weighted by Crippen LogP contribution is 2.22. The van der Waals surface area contributed by atoms with Crippen LogP contribution in [0.25, 0.3) is 5.69 Å². The first kappa shape index (κ1) is 17.2. The Hall–Kier alpha value is -3.61. The number of nitrogens with zero attached hydrogens (tertiary/aromatic N) is 3. The second kappa shape index (κ2) is 7.10. The number of nitro groups is 1. The summed E-state index contributed by atoms with van der Waals surface area (Å²) in [5.74, 6) is 0.227. The molecule has 0 saturated heterocycles. The zero-order valence-electron chi connectivity index (χ0n) is 14.4. The molecule has 7 nitrogen and oxygen atoms in total. The average molecular weight is 350 g/mol. The number of hydrogen-bond donors (Lipinski definition) is 2. The molecule has 3 rings (SSSR count). The number of aromatic hydroxyl groups is 1. The van der Waals surface area contributed by atoms with Gasteiger partial charge in [0.05, 0.1) is 16.8 Å². The molecule has 0 atom stereocenters. The number of anilines is 1. The fourth-order valence-corrected chi connectivity index (χ4v) is 2.75. The lowest BCUT2D eigenvalue weighted by Crippen LogP contribution is -1.99. The lowest BCUT2D eigenvalue weighted by Gasteiger charge is -2.09. The van der Waals surface area contributed by atoms with Crippen LogP contribution in [0.1, 0.15) is 17.0 Å². The van der Waals surface area contributed by atoms with Crippen molar-refractivity contribution in [3.63, 3.8) is 0 Å². The molecular weight excluding hydrogens is 332 g/mol. The Morgan fingerprint density at radius 1 is 1.12 bits per heavy atom. The van der Waals surface area contributed by atoms with Crippen molar-refractivity contribution in [3.8, 4) is 11.4 Å². The number of nitro benzene ring substituents is 1. The van der Waals surface area contributed by atoms with E-state index < -0.39 is 4.92 Å². The van der Waals surface area contributed by atoms with E-state index >= 15 is 0 Å². The summed E-state index contributed by atoms with van der Waals surface area (Å²) < 4.78 is 2.08. The van der Waals surface area contributed by atoms with E-state index in [0.29, 0.717) is 5.69 Å². The van der Waals surface area contributed by atoms with Gasteiger partial charge in [-0.1, -0.05) is 0 Å². The topological polar surface area (TPSA) is 92.7 Å². The second-order valence-corrected chi connectivity index (χ2v) is 5.85. The minimum absolute atomic E-state index is 0.0389. The number of phenolic OH excluding ortho intramolecular Hbond substituents is 1. The summed E-state index contributed by atoms with van der Waals surface area (Å²) in [4.78, 5) is 10.2. The van der Waals surface area contributed by atoms with Gasteiger partial charge in [0.15, 0.2) is 0 Å². The van der Waals surface area contributed by atoms with Crippen LogP contribution in [0.5, 0.6) is 5.75 Å². The van der Waals surface area contributed by atoms with E-state index in [1.807, 2.05) is 32.0 Å². The van der Waals surface area contributed by atoms with Crippen LogP contribution in [0.4, 0.5) is 11.4 Å². The molecule has 1 heterocycles. The second-order valence-electron chi connectivity index (χ2n) is 5.85. The van der Waals surface area contributed by atoms with Crippen LogP contribution >= 0.6 is 0 Å². The molecule has 0 aliphatic heterocycles. The summed E-state index contributed by atoms with van der Waals surface area (Å²) in [6.45, 7) is 3.99. The third-order valence-electron chi connectivity index (χ3n) is 4.05. The van der Waals surface area contributed by atoms with E-state index in [4.69, 9.17) is 0 Å². The Balaban J connectivity index is 1.78. The van der Waals surface area contributed by atoms with Crippen molar-refractivity contribution in [2.75, 3.05) is 5.43 Å². The highest BCUT2D eigenvalue weighted by molar-refractivity contribution is 5.82. The molecule has 26 heavy (non-hydrogen) atoms. The Morgan fingerprint density at radius 2 is 1.77 bits per heavy atom. The first-order valence-corrected chi connectivity index (χ1v) is 7.97. The molecule has 0 aliphatic rings. The fourth-order valence-electron chi connectivity index (χ4n) is 2.75. The number of aryl methyl sites for hydroxylation is 1. The van der Waals surface area contributed by atoms with Gasteiger partial charge < -0.3 is 9.67 Å². The molecule has 2 N–H and O–H groups in total. The van der Waals surface area contributed by atoms with Crippen LogP contribution in [-0.2, 0) is 0 Å². The minimum Gasteiger partial charge on any atom is -0.508 e. The molecule has 0 aliphatic carbocycles. The van der Waals surface area contributed by atoms with Gasteiger partial charge in [-0.05, 0) is 56.3 Å². The number of non-ortho nitro benzene ring substituents is 1. The normalized spacial score (nSPS) is 11.0. The standard InChI is InChI=1S/C19H18N4O3/c1-13-11-15(14(2)22(13)17-7-9-19(24)10-8-17)12-20-21-16-3-5-18(6-4-16)23(25)26/h3-12,21,24H,1-2H3/b20-12+. The lowest BCUT2D eigenvalue weighted by atomic mass is 10.2. The summed E-state index contributed by atoms with van der Waals surface area (Å²) in [6.07, 6.45) is 1.71. The maximum Gasteiger partial charge on any atom is 0.269 e. The van der Waals surface area contributed by atoms with Gasteiger partial charge in [0.25, 0.3) is 5.69 Å². The third-order valence-corrected chi connectivity index (χ3v) is 4.05. The fraction of sp³-hybridized carbons (Fsp3) is 0.105. The number of aromatic nitrogens is 1. The van der Waals surface area contributed by atoms with Crippen molar-refractivity contribution in [2.45, 2.75) is 13.8 Å². The molecule has 0 radical (unpaired) electrons. The molecule has 0 amide bonds. The number of phenols is 1. The maximum absolute atomic E-state index is 10.7. The molecule has 0 saturated carbocycles. The largest absolute Gasteiger partial charge is 0.508 e. The van der Waals surface area contributed by atoms with Gasteiger partial charge >= 0.3 is 0 Å². The molecule has 1 aromatic heterocycles. The number of hydrogen-bond acceptors (Lipinski definition) is 5. The van der Waals surface area contributed by atoms with Gasteiger partial charge in [0.1, 0.15) is 5.75 Å². The molecule has 0 bridgehead atoms. The van der Waals surface area contributed by atoms with Gasteiger partial charge in [0.2, 0.25) is 0 Å². The van der Waals surface area contributed by atoms with Crippen molar-refractivity contribution >= 4 is 17.6 Å². The van der Waals surface area contributed by atoms with Gasteiger partial charge in [-0.3, -0.25) is 15.5 Å². The van der Waals surface area contributed by atoms with E-state index in [9.17, 15) is 15.2 Å². The van der Waals surface area contributed by atoms with Crippen LogP contribution in [0.3, 0.4) is 0 Å². The Labute approximate surface area is 150 Å². The van der Waals surface area contributed by atoms with E-state index in [-0.39, 0.29) is 11.4 Å².